The van der Waals surface area contributed by atoms with E-state index in [4.69, 9.17) is 10.5 Å². The predicted octanol–water partition coefficient (Wildman–Crippen LogP) is 1.47. The average Bonchev–Trinajstić information content (AvgIpc) is 2.48. The number of para-hydroxylation sites is 1. The van der Waals surface area contributed by atoms with Gasteiger partial charge in [0.1, 0.15) is 12.4 Å². The molecule has 110 valence electrons. The Morgan fingerprint density at radius 2 is 2.10 bits per heavy atom. The van der Waals surface area contributed by atoms with E-state index in [0.29, 0.717) is 18.7 Å². The van der Waals surface area contributed by atoms with E-state index in [-0.39, 0.29) is 6.04 Å². The number of fused-ring (bicyclic) bond motifs is 1. The second kappa shape index (κ2) is 5.72. The average molecular weight is 275 g/mol. The van der Waals surface area contributed by atoms with Crippen molar-refractivity contribution in [3.8, 4) is 5.75 Å². The molecule has 2 heterocycles. The van der Waals surface area contributed by atoms with Crippen LogP contribution in [0.5, 0.6) is 5.75 Å². The summed E-state index contributed by atoms with van der Waals surface area (Å²) in [5.74, 6) is 0.956. The highest BCUT2D eigenvalue weighted by molar-refractivity contribution is 5.38. The third-order valence-corrected chi connectivity index (χ3v) is 4.73. The topological polar surface area (TPSA) is 41.7 Å². The van der Waals surface area contributed by atoms with Gasteiger partial charge in [0.05, 0.1) is 12.1 Å². The third kappa shape index (κ3) is 2.55. The monoisotopic (exact) mass is 275 g/mol. The van der Waals surface area contributed by atoms with Crippen molar-refractivity contribution in [2.45, 2.75) is 31.0 Å². The fraction of sp³-hybridized carbons (Fsp3) is 0.625. The quantitative estimate of drug-likeness (QED) is 0.887. The van der Waals surface area contributed by atoms with Crippen LogP contribution >= 0.6 is 0 Å². The second-order valence-corrected chi connectivity index (χ2v) is 6.20. The first kappa shape index (κ1) is 13.9. The molecule has 0 aliphatic carbocycles. The molecule has 2 N–H and O–H groups in total. The molecular weight excluding hydrogens is 250 g/mol. The van der Waals surface area contributed by atoms with Crippen molar-refractivity contribution in [1.82, 2.24) is 9.80 Å². The normalized spacial score (nSPS) is 30.9. The molecule has 3 atom stereocenters. The zero-order valence-electron chi connectivity index (χ0n) is 12.5. The lowest BCUT2D eigenvalue weighted by Crippen LogP contribution is -2.55. The first-order valence-electron chi connectivity index (χ1n) is 7.54. The van der Waals surface area contributed by atoms with Gasteiger partial charge >= 0.3 is 0 Å². The van der Waals surface area contributed by atoms with Crippen LogP contribution in [0.25, 0.3) is 0 Å². The standard InChI is InChI=1S/C16H25N3O/c1-18(2)12-6-5-9-19(10-12)14-11-20-15-8-4-3-7-13(15)16(14)17/h3-4,7-8,12,14,16H,5-6,9-11,17H2,1-2H3. The highest BCUT2D eigenvalue weighted by Gasteiger charge is 2.35. The molecule has 4 nitrogen and oxygen atoms in total. The van der Waals surface area contributed by atoms with Crippen molar-refractivity contribution < 1.29 is 4.74 Å². The maximum absolute atomic E-state index is 6.51. The molecule has 1 aromatic carbocycles. The lowest BCUT2D eigenvalue weighted by atomic mass is 9.93. The summed E-state index contributed by atoms with van der Waals surface area (Å²) in [6.45, 7) is 2.93. The van der Waals surface area contributed by atoms with E-state index in [2.05, 4.69) is 30.0 Å². The van der Waals surface area contributed by atoms with Gasteiger partial charge in [0.25, 0.3) is 0 Å². The Bertz CT molecular complexity index is 463. The molecule has 0 saturated carbocycles. The second-order valence-electron chi connectivity index (χ2n) is 6.20. The molecule has 3 unspecified atom stereocenters. The van der Waals surface area contributed by atoms with Gasteiger partial charge in [-0.2, -0.15) is 0 Å². The van der Waals surface area contributed by atoms with E-state index in [1.165, 1.54) is 12.8 Å². The van der Waals surface area contributed by atoms with Crippen LogP contribution in [-0.4, -0.2) is 55.7 Å². The Labute approximate surface area is 121 Å². The Kier molecular flexibility index (Phi) is 3.96. The predicted molar refractivity (Wildman–Crippen MR) is 80.9 cm³/mol. The number of nitrogens with zero attached hydrogens (tertiary/aromatic N) is 2. The van der Waals surface area contributed by atoms with E-state index < -0.39 is 0 Å². The van der Waals surface area contributed by atoms with Crippen LogP contribution in [-0.2, 0) is 0 Å². The van der Waals surface area contributed by atoms with Gasteiger partial charge in [-0.15, -0.1) is 0 Å². The zero-order valence-corrected chi connectivity index (χ0v) is 12.5. The van der Waals surface area contributed by atoms with Crippen LogP contribution in [0, 0.1) is 0 Å². The molecule has 1 fully saturated rings. The molecule has 2 aliphatic rings. The lowest BCUT2D eigenvalue weighted by Gasteiger charge is -2.44. The molecule has 0 spiro atoms. The van der Waals surface area contributed by atoms with Crippen molar-refractivity contribution in [1.29, 1.82) is 0 Å². The summed E-state index contributed by atoms with van der Waals surface area (Å²) < 4.78 is 5.92. The van der Waals surface area contributed by atoms with Gasteiger partial charge in [-0.1, -0.05) is 18.2 Å². The number of rotatable bonds is 2. The van der Waals surface area contributed by atoms with Crippen molar-refractivity contribution >= 4 is 0 Å². The summed E-state index contributed by atoms with van der Waals surface area (Å²) in [7, 11) is 4.33. The van der Waals surface area contributed by atoms with Crippen molar-refractivity contribution in [2.75, 3.05) is 33.8 Å². The molecule has 20 heavy (non-hydrogen) atoms. The molecular formula is C16H25N3O. The Balaban J connectivity index is 1.75. The van der Waals surface area contributed by atoms with Crippen molar-refractivity contribution in [2.24, 2.45) is 5.73 Å². The Morgan fingerprint density at radius 3 is 2.90 bits per heavy atom. The van der Waals surface area contributed by atoms with E-state index in [1.54, 1.807) is 0 Å². The number of hydrogen-bond donors (Lipinski definition) is 1. The van der Waals surface area contributed by atoms with Crippen molar-refractivity contribution in [3.63, 3.8) is 0 Å². The first-order valence-corrected chi connectivity index (χ1v) is 7.54. The molecule has 4 heteroatoms. The van der Waals surface area contributed by atoms with E-state index in [9.17, 15) is 0 Å². The maximum Gasteiger partial charge on any atom is 0.124 e. The summed E-state index contributed by atoms with van der Waals surface area (Å²) in [4.78, 5) is 4.85. The summed E-state index contributed by atoms with van der Waals surface area (Å²) in [6, 6.07) is 9.16. The third-order valence-electron chi connectivity index (χ3n) is 4.73. The van der Waals surface area contributed by atoms with E-state index >= 15 is 0 Å². The van der Waals surface area contributed by atoms with Crippen molar-refractivity contribution in [3.05, 3.63) is 29.8 Å². The minimum absolute atomic E-state index is 0.0564. The number of likely N-dealkylation sites (N-methyl/N-ethyl adjacent to an activating group) is 1. The Hall–Kier alpha value is -1.10. The molecule has 0 bridgehead atoms. The lowest BCUT2D eigenvalue weighted by molar-refractivity contribution is 0.0488. The molecule has 2 aliphatic heterocycles. The van der Waals surface area contributed by atoms with E-state index in [1.807, 2.05) is 18.2 Å². The fourth-order valence-electron chi connectivity index (χ4n) is 3.41. The van der Waals surface area contributed by atoms with Gasteiger partial charge in [-0.25, -0.2) is 0 Å². The highest BCUT2D eigenvalue weighted by atomic mass is 16.5. The number of benzene rings is 1. The van der Waals surface area contributed by atoms with Gasteiger partial charge in [0, 0.05) is 18.2 Å². The SMILES string of the molecule is CN(C)C1CCCN(C2COc3ccccc3C2N)C1. The number of piperidine rings is 1. The van der Waals surface area contributed by atoms with Gasteiger partial charge < -0.3 is 15.4 Å². The molecule has 3 rings (SSSR count). The molecule has 0 amide bonds. The summed E-state index contributed by atoms with van der Waals surface area (Å²) >= 11 is 0. The number of likely N-dealkylation sites (tertiary alicyclic amines) is 1. The largest absolute Gasteiger partial charge is 0.492 e. The van der Waals surface area contributed by atoms with Gasteiger partial charge in [-0.05, 0) is 39.5 Å². The number of hydrogen-bond acceptors (Lipinski definition) is 4. The van der Waals surface area contributed by atoms with Crippen LogP contribution in [0.2, 0.25) is 0 Å². The van der Waals surface area contributed by atoms with Gasteiger partial charge in [0.2, 0.25) is 0 Å². The van der Waals surface area contributed by atoms with Crippen LogP contribution < -0.4 is 10.5 Å². The molecule has 1 saturated heterocycles. The molecule has 1 aromatic rings. The maximum atomic E-state index is 6.51. The van der Waals surface area contributed by atoms with Gasteiger partial charge in [-0.3, -0.25) is 4.90 Å². The molecule has 0 aromatic heterocycles. The summed E-state index contributed by atoms with van der Waals surface area (Å²) in [5, 5.41) is 0. The summed E-state index contributed by atoms with van der Waals surface area (Å²) in [6.07, 6.45) is 2.52. The van der Waals surface area contributed by atoms with Crippen LogP contribution in [0.1, 0.15) is 24.4 Å². The summed E-state index contributed by atoms with van der Waals surface area (Å²) in [5.41, 5.74) is 7.66. The van der Waals surface area contributed by atoms with Crippen LogP contribution in [0.15, 0.2) is 24.3 Å². The highest BCUT2D eigenvalue weighted by Crippen LogP contribution is 2.33. The minimum Gasteiger partial charge on any atom is -0.492 e. The fourth-order valence-corrected chi connectivity index (χ4v) is 3.41. The number of nitrogens with two attached hydrogens (primary N) is 1. The number of ether oxygens (including phenoxy) is 1. The van der Waals surface area contributed by atoms with Gasteiger partial charge in [0.15, 0.2) is 0 Å². The minimum atomic E-state index is 0.0564. The first-order chi connectivity index (χ1) is 9.66. The van der Waals surface area contributed by atoms with E-state index in [0.717, 1.165) is 24.4 Å². The Morgan fingerprint density at radius 1 is 1.30 bits per heavy atom. The molecule has 0 radical (unpaired) electrons. The van der Waals surface area contributed by atoms with Crippen LogP contribution in [0.4, 0.5) is 0 Å². The smallest absolute Gasteiger partial charge is 0.124 e. The zero-order chi connectivity index (χ0) is 14.1. The van der Waals surface area contributed by atoms with Crippen LogP contribution in [0.3, 0.4) is 0 Å².